The largest absolute Gasteiger partial charge is 0.458 e. The summed E-state index contributed by atoms with van der Waals surface area (Å²) >= 11 is 0. The van der Waals surface area contributed by atoms with Gasteiger partial charge >= 0.3 is 11.9 Å². The molecule has 6 aliphatic carbocycles. The van der Waals surface area contributed by atoms with Crippen LogP contribution < -0.4 is 0 Å². The molecule has 0 aromatic carbocycles. The monoisotopic (exact) mass is 354 g/mol. The lowest BCUT2D eigenvalue weighted by molar-refractivity contribution is -0.165. The van der Waals surface area contributed by atoms with Gasteiger partial charge in [0.25, 0.3) is 0 Å². The van der Waals surface area contributed by atoms with Gasteiger partial charge in [-0.1, -0.05) is 0 Å². The average molecular weight is 354 g/mol. The normalized spacial score (nSPS) is 72.7. The Kier molecular flexibility index (Phi) is 1.83. The van der Waals surface area contributed by atoms with Crippen molar-refractivity contribution in [1.82, 2.24) is 0 Å². The fourth-order valence-electron chi connectivity index (χ4n) is 11.7. The first kappa shape index (κ1) is 14.0. The minimum Gasteiger partial charge on any atom is -0.458 e. The molecule has 0 aromatic heterocycles. The summed E-state index contributed by atoms with van der Waals surface area (Å²) in [5, 5.41) is 0. The van der Waals surface area contributed by atoms with Crippen molar-refractivity contribution in [3.8, 4) is 0 Å². The fraction of sp³-hybridized carbons (Fsp3) is 0.909. The van der Waals surface area contributed by atoms with Crippen LogP contribution in [-0.2, 0) is 19.1 Å². The molecule has 12 atom stereocenters. The molecule has 2 aliphatic heterocycles. The maximum Gasteiger partial charge on any atom is 0.313 e. The van der Waals surface area contributed by atoms with Gasteiger partial charge in [0.1, 0.15) is 11.2 Å². The maximum atomic E-state index is 13.4. The first-order valence-electron chi connectivity index (χ1n) is 10.9. The van der Waals surface area contributed by atoms with Crippen LogP contribution in [0.1, 0.15) is 52.4 Å². The molecule has 0 N–H and O–H groups in total. The van der Waals surface area contributed by atoms with Gasteiger partial charge in [-0.25, -0.2) is 0 Å². The van der Waals surface area contributed by atoms with Gasteiger partial charge in [0, 0.05) is 23.7 Å². The molecule has 2 spiro atoms. The van der Waals surface area contributed by atoms with Crippen molar-refractivity contribution in [3.05, 3.63) is 0 Å². The quantitative estimate of drug-likeness (QED) is 0.628. The highest BCUT2D eigenvalue weighted by Crippen LogP contribution is 2.90. The number of carbonyl (C=O) groups is 2. The highest BCUT2D eigenvalue weighted by Gasteiger charge is 2.95. The van der Waals surface area contributed by atoms with Crippen LogP contribution in [0.2, 0.25) is 0 Å². The lowest BCUT2D eigenvalue weighted by Gasteiger charge is -2.38. The van der Waals surface area contributed by atoms with Gasteiger partial charge in [-0.05, 0) is 76.0 Å². The summed E-state index contributed by atoms with van der Waals surface area (Å²) in [7, 11) is 0. The lowest BCUT2D eigenvalue weighted by Crippen LogP contribution is -2.45. The first-order chi connectivity index (χ1) is 12.4. The number of hydrogen-bond donors (Lipinski definition) is 0. The third kappa shape index (κ3) is 0.897. The summed E-state index contributed by atoms with van der Waals surface area (Å²) in [5.74, 6) is 3.52. The third-order valence-electron chi connectivity index (χ3n) is 11.5. The van der Waals surface area contributed by atoms with E-state index in [9.17, 15) is 9.59 Å². The van der Waals surface area contributed by atoms with Crippen LogP contribution in [0.25, 0.3) is 0 Å². The van der Waals surface area contributed by atoms with Crippen molar-refractivity contribution in [2.24, 2.45) is 58.2 Å². The van der Waals surface area contributed by atoms with E-state index in [1.165, 1.54) is 0 Å². The summed E-state index contributed by atoms with van der Waals surface area (Å²) in [6.07, 6.45) is 6.61. The standard InChI is InChI=1S/C22H26O4/c1-19-13-9-5-3-8-22(9)16-11(13)12-14(20(16,2)18(24)26-22)10-6-4-7-21(10,15(12)19)25-17(19)23/h9-16H,3-8H2,1-2H3/t9-,10+,11+,12-,13-,14+,15-,16-,19+,20+,21+,22-/m1/s1. The summed E-state index contributed by atoms with van der Waals surface area (Å²) in [6, 6.07) is 0. The molecule has 4 heteroatoms. The third-order valence-corrected chi connectivity index (χ3v) is 11.5. The van der Waals surface area contributed by atoms with Gasteiger partial charge < -0.3 is 9.47 Å². The van der Waals surface area contributed by atoms with Crippen molar-refractivity contribution in [2.45, 2.75) is 63.6 Å². The molecular weight excluding hydrogens is 328 g/mol. The Hall–Kier alpha value is -1.06. The zero-order valence-corrected chi connectivity index (χ0v) is 15.5. The number of hydrogen-bond acceptors (Lipinski definition) is 4. The minimum absolute atomic E-state index is 0.0994. The lowest BCUT2D eigenvalue weighted by atomic mass is 9.63. The molecule has 138 valence electrons. The number of ether oxygens (including phenoxy) is 2. The Balaban J connectivity index is 1.49. The van der Waals surface area contributed by atoms with E-state index in [2.05, 4.69) is 13.8 Å². The molecule has 0 unspecified atom stereocenters. The molecule has 0 amide bonds. The van der Waals surface area contributed by atoms with E-state index in [1.54, 1.807) is 0 Å². The summed E-state index contributed by atoms with van der Waals surface area (Å²) in [4.78, 5) is 26.8. The van der Waals surface area contributed by atoms with E-state index >= 15 is 0 Å². The number of carbonyl (C=O) groups excluding carboxylic acids is 2. The van der Waals surface area contributed by atoms with Gasteiger partial charge in [0.15, 0.2) is 0 Å². The summed E-state index contributed by atoms with van der Waals surface area (Å²) in [6.45, 7) is 4.50. The second kappa shape index (κ2) is 3.39. The Morgan fingerprint density at radius 3 is 1.62 bits per heavy atom. The van der Waals surface area contributed by atoms with Gasteiger partial charge in [-0.15, -0.1) is 0 Å². The van der Waals surface area contributed by atoms with Crippen LogP contribution in [0.4, 0.5) is 0 Å². The zero-order chi connectivity index (χ0) is 17.4. The average Bonchev–Trinajstić information content (AvgIpc) is 3.35. The first-order valence-corrected chi connectivity index (χ1v) is 10.9. The molecule has 0 bridgehead atoms. The van der Waals surface area contributed by atoms with E-state index in [4.69, 9.17) is 9.47 Å². The zero-order valence-electron chi connectivity index (χ0n) is 15.5. The molecule has 26 heavy (non-hydrogen) atoms. The molecule has 0 radical (unpaired) electrons. The van der Waals surface area contributed by atoms with Crippen LogP contribution in [0.5, 0.6) is 0 Å². The molecular formula is C22H26O4. The van der Waals surface area contributed by atoms with Crippen LogP contribution in [0.3, 0.4) is 0 Å². The van der Waals surface area contributed by atoms with Gasteiger partial charge in [-0.2, -0.15) is 0 Å². The van der Waals surface area contributed by atoms with Gasteiger partial charge in [0.2, 0.25) is 0 Å². The second-order valence-electron chi connectivity index (χ2n) is 11.4. The SMILES string of the molecule is C[C@]12C(=O)O[C@@]34CCC[C@H]3[C@H]3[C@@H]([C@H]5[C@H]1[C@H]1CCC[C@@]16OC(=O)[C@]3(C)[C@@H]56)[C@@H]42. The Morgan fingerprint density at radius 1 is 0.769 bits per heavy atom. The molecule has 0 aromatic rings. The number of esters is 2. The summed E-state index contributed by atoms with van der Waals surface area (Å²) < 4.78 is 12.8. The van der Waals surface area contributed by atoms with Crippen molar-refractivity contribution < 1.29 is 19.1 Å². The number of rotatable bonds is 0. The van der Waals surface area contributed by atoms with E-state index in [0.717, 1.165) is 38.5 Å². The predicted molar refractivity (Wildman–Crippen MR) is 89.5 cm³/mol. The molecule has 8 aliphatic rings. The van der Waals surface area contributed by atoms with E-state index < -0.39 is 0 Å². The van der Waals surface area contributed by atoms with Crippen LogP contribution in [0, 0.1) is 58.2 Å². The molecule has 6 saturated carbocycles. The Morgan fingerprint density at radius 2 is 1.19 bits per heavy atom. The van der Waals surface area contributed by atoms with Gasteiger partial charge in [-0.3, -0.25) is 9.59 Å². The molecule has 8 rings (SSSR count). The number of fused-ring (bicyclic) bond motifs is 4. The maximum absolute atomic E-state index is 13.4. The Labute approximate surface area is 153 Å². The smallest absolute Gasteiger partial charge is 0.313 e. The van der Waals surface area contributed by atoms with Crippen molar-refractivity contribution in [1.29, 1.82) is 0 Å². The van der Waals surface area contributed by atoms with Crippen LogP contribution in [0.15, 0.2) is 0 Å². The van der Waals surface area contributed by atoms with Crippen LogP contribution >= 0.6 is 0 Å². The minimum atomic E-state index is -0.327. The van der Waals surface area contributed by atoms with Gasteiger partial charge in [0.05, 0.1) is 10.8 Å². The Bertz CT molecular complexity index is 768. The second-order valence-corrected chi connectivity index (χ2v) is 11.4. The van der Waals surface area contributed by atoms with E-state index in [0.29, 0.717) is 47.3 Å². The highest BCUT2D eigenvalue weighted by atomic mass is 16.6. The van der Waals surface area contributed by atoms with Crippen LogP contribution in [-0.4, -0.2) is 23.1 Å². The fourth-order valence-corrected chi connectivity index (χ4v) is 11.7. The van der Waals surface area contributed by atoms with E-state index in [1.807, 2.05) is 0 Å². The predicted octanol–water partition coefficient (Wildman–Crippen LogP) is 2.94. The van der Waals surface area contributed by atoms with Crippen molar-refractivity contribution >= 4 is 11.9 Å². The molecule has 8 fully saturated rings. The summed E-state index contributed by atoms with van der Waals surface area (Å²) in [5.41, 5.74) is -1.15. The topological polar surface area (TPSA) is 52.6 Å². The van der Waals surface area contributed by atoms with Crippen molar-refractivity contribution in [2.75, 3.05) is 0 Å². The molecule has 4 nitrogen and oxygen atoms in total. The highest BCUT2D eigenvalue weighted by molar-refractivity contribution is 5.86. The molecule has 2 heterocycles. The molecule has 2 saturated heterocycles. The van der Waals surface area contributed by atoms with E-state index in [-0.39, 0.29) is 34.0 Å². The van der Waals surface area contributed by atoms with Crippen molar-refractivity contribution in [3.63, 3.8) is 0 Å².